The van der Waals surface area contributed by atoms with Crippen LogP contribution in [0.25, 0.3) is 0 Å². The molecule has 0 radical (unpaired) electrons. The van der Waals surface area contributed by atoms with Crippen LogP contribution in [-0.2, 0) is 4.84 Å². The van der Waals surface area contributed by atoms with E-state index in [4.69, 9.17) is 16.9 Å². The van der Waals surface area contributed by atoms with E-state index in [0.29, 0.717) is 5.06 Å². The van der Waals surface area contributed by atoms with Gasteiger partial charge >= 0.3 is 6.03 Å². The van der Waals surface area contributed by atoms with Gasteiger partial charge in [-0.1, -0.05) is 5.06 Å². The van der Waals surface area contributed by atoms with Gasteiger partial charge in [0.05, 0.1) is 6.61 Å². The second-order valence-corrected chi connectivity index (χ2v) is 1.85. The number of hydrogen-bond acceptors (Lipinski definition) is 3. The van der Waals surface area contributed by atoms with Crippen molar-refractivity contribution in [2.75, 3.05) is 19.5 Å². The quantitative estimate of drug-likeness (QED) is 0.292. The first-order chi connectivity index (χ1) is 5.26. The second-order valence-electron chi connectivity index (χ2n) is 1.47. The first-order valence-corrected chi connectivity index (χ1v) is 3.40. The maximum absolute atomic E-state index is 10.7. The molecule has 0 saturated carbocycles. The number of carbonyl (C=O) groups excluding carboxylic acids is 1. The molecule has 0 atom stereocenters. The highest BCUT2D eigenvalue weighted by Crippen LogP contribution is 1.89. The van der Waals surface area contributed by atoms with Crippen molar-refractivity contribution in [1.29, 1.82) is 5.26 Å². The van der Waals surface area contributed by atoms with E-state index in [9.17, 15) is 4.79 Å². The molecule has 0 aromatic heterocycles. The SMILES string of the molecule is CNC(=O)N(C#N)OCCCl. The lowest BCUT2D eigenvalue weighted by atomic mass is 10.8. The molecule has 0 aromatic rings. The number of alkyl halides is 1. The molecule has 6 heteroatoms. The minimum Gasteiger partial charge on any atom is -0.338 e. The Hall–Kier alpha value is -0.990. The summed E-state index contributed by atoms with van der Waals surface area (Å²) in [5, 5.41) is 11.1. The van der Waals surface area contributed by atoms with Crippen LogP contribution in [0.3, 0.4) is 0 Å². The summed E-state index contributed by atoms with van der Waals surface area (Å²) >= 11 is 5.26. The fraction of sp³-hybridized carbons (Fsp3) is 0.600. The molecule has 0 aliphatic carbocycles. The van der Waals surface area contributed by atoms with Crippen LogP contribution in [-0.4, -0.2) is 30.6 Å². The topological polar surface area (TPSA) is 65.4 Å². The van der Waals surface area contributed by atoms with Gasteiger partial charge in [-0.2, -0.15) is 5.26 Å². The van der Waals surface area contributed by atoms with Gasteiger partial charge in [0.2, 0.25) is 6.19 Å². The molecule has 0 aromatic carbocycles. The van der Waals surface area contributed by atoms with Crippen LogP contribution in [0.4, 0.5) is 4.79 Å². The third-order valence-corrected chi connectivity index (χ3v) is 0.941. The summed E-state index contributed by atoms with van der Waals surface area (Å²) in [4.78, 5) is 15.3. The van der Waals surface area contributed by atoms with Crippen molar-refractivity contribution < 1.29 is 9.63 Å². The van der Waals surface area contributed by atoms with Crippen LogP contribution in [0.1, 0.15) is 0 Å². The zero-order chi connectivity index (χ0) is 8.69. The van der Waals surface area contributed by atoms with Crippen molar-refractivity contribution in [2.24, 2.45) is 0 Å². The number of nitrogens with one attached hydrogen (secondary N) is 1. The van der Waals surface area contributed by atoms with Crippen LogP contribution >= 0.6 is 11.6 Å². The second kappa shape index (κ2) is 5.77. The van der Waals surface area contributed by atoms with E-state index in [1.165, 1.54) is 13.2 Å². The van der Waals surface area contributed by atoms with E-state index in [0.717, 1.165) is 0 Å². The largest absolute Gasteiger partial charge is 0.355 e. The fourth-order valence-corrected chi connectivity index (χ4v) is 0.429. The van der Waals surface area contributed by atoms with E-state index in [2.05, 4.69) is 10.2 Å². The molecule has 0 aliphatic rings. The number of carbonyl (C=O) groups is 1. The van der Waals surface area contributed by atoms with Crippen LogP contribution in [0, 0.1) is 11.5 Å². The molecule has 0 heterocycles. The number of hydrogen-bond donors (Lipinski definition) is 1. The third-order valence-electron chi connectivity index (χ3n) is 0.787. The van der Waals surface area contributed by atoms with E-state index in [-0.39, 0.29) is 12.5 Å². The van der Waals surface area contributed by atoms with Gasteiger partial charge in [0.1, 0.15) is 0 Å². The Morgan fingerprint density at radius 2 is 2.55 bits per heavy atom. The molecular weight excluding hydrogens is 170 g/mol. The summed E-state index contributed by atoms with van der Waals surface area (Å²) in [6.07, 6.45) is 1.53. The summed E-state index contributed by atoms with van der Waals surface area (Å²) in [5.41, 5.74) is 0. The maximum atomic E-state index is 10.7. The fourth-order valence-electron chi connectivity index (χ4n) is 0.360. The van der Waals surface area contributed by atoms with Crippen LogP contribution in [0.2, 0.25) is 0 Å². The van der Waals surface area contributed by atoms with Gasteiger partial charge in [-0.3, -0.25) is 4.84 Å². The lowest BCUT2D eigenvalue weighted by Gasteiger charge is -2.10. The van der Waals surface area contributed by atoms with Crippen molar-refractivity contribution >= 4 is 17.6 Å². The number of hydroxylamine groups is 2. The smallest absolute Gasteiger partial charge is 0.338 e. The summed E-state index contributed by atoms with van der Waals surface area (Å²) in [7, 11) is 1.40. The molecule has 0 fully saturated rings. The molecule has 0 spiro atoms. The number of nitrogens with zero attached hydrogens (tertiary/aromatic N) is 2. The first-order valence-electron chi connectivity index (χ1n) is 2.86. The van der Waals surface area contributed by atoms with Gasteiger partial charge in [0.15, 0.2) is 0 Å². The van der Waals surface area contributed by atoms with E-state index < -0.39 is 6.03 Å². The average Bonchev–Trinajstić information content (AvgIpc) is 2.05. The number of halogens is 1. The Bertz CT molecular complexity index is 168. The molecule has 0 rings (SSSR count). The Morgan fingerprint density at radius 3 is 2.91 bits per heavy atom. The van der Waals surface area contributed by atoms with Crippen molar-refractivity contribution in [3.8, 4) is 6.19 Å². The van der Waals surface area contributed by atoms with Crippen molar-refractivity contribution in [2.45, 2.75) is 0 Å². The summed E-state index contributed by atoms with van der Waals surface area (Å²) < 4.78 is 0. The lowest BCUT2D eigenvalue weighted by Crippen LogP contribution is -2.34. The van der Waals surface area contributed by atoms with Crippen molar-refractivity contribution in [3.05, 3.63) is 0 Å². The third kappa shape index (κ3) is 3.65. The van der Waals surface area contributed by atoms with E-state index in [1.54, 1.807) is 0 Å². The molecule has 0 aliphatic heterocycles. The lowest BCUT2D eigenvalue weighted by molar-refractivity contribution is -0.0652. The predicted molar refractivity (Wildman–Crippen MR) is 38.6 cm³/mol. The van der Waals surface area contributed by atoms with Gasteiger partial charge in [0.25, 0.3) is 0 Å². The van der Waals surface area contributed by atoms with Gasteiger partial charge in [-0.05, 0) is 0 Å². The Labute approximate surface area is 69.4 Å². The van der Waals surface area contributed by atoms with Crippen LogP contribution < -0.4 is 5.32 Å². The average molecular weight is 178 g/mol. The molecule has 1 N–H and O–H groups in total. The van der Waals surface area contributed by atoms with Crippen molar-refractivity contribution in [1.82, 2.24) is 10.4 Å². The predicted octanol–water partition coefficient (Wildman–Crippen LogP) is 0.279. The monoisotopic (exact) mass is 177 g/mol. The standard InChI is InChI=1S/C5H8ClN3O2/c1-8-5(10)9(4-7)11-3-2-6/h2-3H2,1H3,(H,8,10). The number of nitriles is 1. The zero-order valence-corrected chi connectivity index (χ0v) is 6.76. The van der Waals surface area contributed by atoms with Crippen LogP contribution in [0.15, 0.2) is 0 Å². The van der Waals surface area contributed by atoms with Crippen LogP contribution in [0.5, 0.6) is 0 Å². The molecule has 11 heavy (non-hydrogen) atoms. The highest BCUT2D eigenvalue weighted by atomic mass is 35.5. The Kier molecular flexibility index (Phi) is 5.25. The normalized spacial score (nSPS) is 8.45. The minimum absolute atomic E-state index is 0.128. The molecular formula is C5H8ClN3O2. The van der Waals surface area contributed by atoms with Gasteiger partial charge in [0, 0.05) is 12.9 Å². The number of rotatable bonds is 3. The highest BCUT2D eigenvalue weighted by molar-refractivity contribution is 6.17. The molecule has 0 unspecified atom stereocenters. The molecule has 0 saturated heterocycles. The molecule has 62 valence electrons. The Morgan fingerprint density at radius 1 is 1.91 bits per heavy atom. The summed E-state index contributed by atoms with van der Waals surface area (Å²) in [5.74, 6) is 0.231. The highest BCUT2D eigenvalue weighted by Gasteiger charge is 2.10. The first kappa shape index (κ1) is 10.0. The van der Waals surface area contributed by atoms with Crippen molar-refractivity contribution in [3.63, 3.8) is 0 Å². The maximum Gasteiger partial charge on any atom is 0.355 e. The minimum atomic E-state index is -0.613. The molecule has 2 amide bonds. The molecule has 0 bridgehead atoms. The number of amides is 2. The van der Waals surface area contributed by atoms with Gasteiger partial charge in [-0.15, -0.1) is 11.6 Å². The van der Waals surface area contributed by atoms with Gasteiger partial charge < -0.3 is 5.32 Å². The van der Waals surface area contributed by atoms with E-state index >= 15 is 0 Å². The zero-order valence-electron chi connectivity index (χ0n) is 6.00. The molecule has 5 nitrogen and oxygen atoms in total. The Balaban J connectivity index is 3.78. The number of urea groups is 1. The summed E-state index contributed by atoms with van der Waals surface area (Å²) in [6, 6.07) is -0.613. The van der Waals surface area contributed by atoms with Gasteiger partial charge in [-0.25, -0.2) is 4.79 Å². The summed E-state index contributed by atoms with van der Waals surface area (Å²) in [6.45, 7) is 0.128. The van der Waals surface area contributed by atoms with E-state index in [1.807, 2.05) is 0 Å².